The van der Waals surface area contributed by atoms with Crippen molar-refractivity contribution < 1.29 is 38.9 Å². The van der Waals surface area contributed by atoms with Crippen molar-refractivity contribution in [3.63, 3.8) is 0 Å². The number of halogens is 7. The minimum atomic E-state index is -1.30. The summed E-state index contributed by atoms with van der Waals surface area (Å²) < 4.78 is 22.6. The number of alkyl halides is 2. The maximum Gasteiger partial charge on any atom is 0.412 e. The number of nitrogens with one attached hydrogen (secondary N) is 2. The van der Waals surface area contributed by atoms with Crippen LogP contribution in [0.3, 0.4) is 0 Å². The number of nitriles is 3. The van der Waals surface area contributed by atoms with E-state index in [9.17, 15) is 24.3 Å². The Balaban J connectivity index is 0.000000220. The van der Waals surface area contributed by atoms with Gasteiger partial charge in [-0.3, -0.25) is 20.2 Å². The van der Waals surface area contributed by atoms with Crippen molar-refractivity contribution in [1.29, 1.82) is 15.8 Å². The summed E-state index contributed by atoms with van der Waals surface area (Å²) in [5.74, 6) is 11.0. The van der Waals surface area contributed by atoms with Gasteiger partial charge in [0.15, 0.2) is 0 Å². The molecule has 4 aliphatic carbocycles. The second-order valence-electron chi connectivity index (χ2n) is 29.3. The van der Waals surface area contributed by atoms with E-state index in [2.05, 4.69) is 232 Å². The molecular weight excluding hydrogens is 1990 g/mol. The summed E-state index contributed by atoms with van der Waals surface area (Å²) in [6, 6.07) is 60.3. The molecule has 2 aromatic heterocycles. The Kier molecular flexibility index (Phi) is 38.2. The van der Waals surface area contributed by atoms with E-state index in [-0.39, 0.29) is 10.8 Å². The standard InChI is InChI=1S/C25H21ClN2O4S.C15H17NSi.C13H12ClIN2O2S.C12H10O2.C10H8IN.C8H6IN.C5H10Si.C2H4BrCl/c1-15-22(27-24(31)32-16(2)19-5-3-4-6-20(19)26)21(33-28-15)12-9-17-7-10-18(11-8-17)25(13-14-25)23(29)30;1-17(2,3)11-8-13-4-6-14(7-5-13)15(12-16)9-10-15;1-7-11(12(15)20-17-7)16-13(18)19-8(2)9-5-3-4-6-10(9)14;1-2-9-3-5-10(6-4-9)12(7-8-12)11(13)14;11-9-3-1-8(2-4-9)10(7-12)5-6-10;9-8-3-1-7(2-4-8)5-6-10;1-5-6(2,3)4;3-1-2-4/h3-8,10-11,16H,13-14H2,1-2H3,(H,27,31)(H,29,30);4-7H,9-10H2,1-3H3;3-6,8H,1-2H3,(H,16,18);1,3-6H,7-8H2,(H,13,14);1-4H,5-6H2;1-4H,5H2;1H,2-4H3;1-2H2/t16-;;8-;;;;;/m1.1...../s1. The maximum atomic E-state index is 12.5. The lowest BCUT2D eigenvalue weighted by atomic mass is 9.95. The minimum absolute atomic E-state index is 0.121. The highest BCUT2D eigenvalue weighted by molar-refractivity contribution is 14.1. The first kappa shape index (κ1) is 96.8. The van der Waals surface area contributed by atoms with Gasteiger partial charge >= 0.3 is 24.1 Å². The molecule has 4 saturated carbocycles. The minimum Gasteiger partial charge on any atom is -0.481 e. The van der Waals surface area contributed by atoms with Crippen LogP contribution in [0, 0.1) is 105 Å². The number of carboxylic acids is 2. The molecular formula is C90H88BrCl3I3N7O8S2Si2. The van der Waals surface area contributed by atoms with Gasteiger partial charge in [-0.1, -0.05) is 193 Å². The molecule has 0 aliphatic heterocycles. The summed E-state index contributed by atoms with van der Waals surface area (Å²) in [6.07, 6.45) is 15.6. The van der Waals surface area contributed by atoms with Crippen molar-refractivity contribution in [1.82, 2.24) is 8.75 Å². The van der Waals surface area contributed by atoms with Crippen molar-refractivity contribution in [3.05, 3.63) is 262 Å². The van der Waals surface area contributed by atoms with Crippen molar-refractivity contribution in [2.45, 2.75) is 159 Å². The second kappa shape index (κ2) is 45.8. The van der Waals surface area contributed by atoms with Crippen LogP contribution in [0.1, 0.15) is 149 Å². The molecule has 4 N–H and O–H groups in total. The maximum absolute atomic E-state index is 12.5. The molecule has 600 valence electrons. The third kappa shape index (κ3) is 30.4. The second-order valence-corrected chi connectivity index (χ2v) is 46.7. The number of terminal acetylenes is 2. The molecule has 7 aromatic carbocycles. The predicted octanol–water partition coefficient (Wildman–Crippen LogP) is 24.5. The molecule has 4 fully saturated rings. The number of nitrogens with zero attached hydrogens (tertiary/aromatic N) is 5. The number of carbonyl (C=O) groups excluding carboxylic acids is 2. The number of hydrogen-bond donors (Lipinski definition) is 4. The fourth-order valence-corrected chi connectivity index (χ4v) is 14.5. The highest BCUT2D eigenvalue weighted by atomic mass is 127. The zero-order valence-corrected chi connectivity index (χ0v) is 79.8. The Morgan fingerprint density at radius 2 is 0.922 bits per heavy atom. The van der Waals surface area contributed by atoms with Gasteiger partial charge in [0.1, 0.15) is 36.1 Å². The molecule has 0 spiro atoms. The van der Waals surface area contributed by atoms with Crippen LogP contribution in [0.15, 0.2) is 170 Å². The average molecular weight is 2080 g/mol. The van der Waals surface area contributed by atoms with Crippen LogP contribution in [-0.2, 0) is 47.1 Å². The van der Waals surface area contributed by atoms with E-state index in [1.807, 2.05) is 110 Å². The van der Waals surface area contributed by atoms with Crippen LogP contribution in [0.2, 0.25) is 49.3 Å². The summed E-state index contributed by atoms with van der Waals surface area (Å²) in [5.41, 5.74) is 16.2. The number of carbonyl (C=O) groups is 4. The van der Waals surface area contributed by atoms with E-state index >= 15 is 0 Å². The number of hydrogen-bond acceptors (Lipinski definition) is 13. The number of carboxylic acid groups (broad SMARTS) is 2. The third-order valence-corrected chi connectivity index (χ3v) is 25.7. The first-order chi connectivity index (χ1) is 55.0. The van der Waals surface area contributed by atoms with Crippen LogP contribution in [0.4, 0.5) is 21.0 Å². The van der Waals surface area contributed by atoms with Crippen LogP contribution in [0.5, 0.6) is 0 Å². The average Bonchev–Trinajstić information content (AvgIpc) is 1.63. The van der Waals surface area contributed by atoms with Gasteiger partial charge in [-0.05, 0) is 276 Å². The smallest absolute Gasteiger partial charge is 0.412 e. The van der Waals surface area contributed by atoms with Crippen molar-refractivity contribution in [2.75, 3.05) is 21.8 Å². The lowest BCUT2D eigenvalue weighted by Crippen LogP contribution is -2.19. The van der Waals surface area contributed by atoms with Crippen molar-refractivity contribution >= 4 is 193 Å². The number of anilines is 2. The van der Waals surface area contributed by atoms with Crippen molar-refractivity contribution in [2.24, 2.45) is 0 Å². The zero-order chi connectivity index (χ0) is 85.6. The molecule has 2 heterocycles. The number of aryl methyl sites for hydroxylation is 2. The molecule has 13 rings (SSSR count). The highest BCUT2D eigenvalue weighted by Gasteiger charge is 2.52. The van der Waals surface area contributed by atoms with Crippen LogP contribution < -0.4 is 10.6 Å². The van der Waals surface area contributed by atoms with E-state index in [0.717, 1.165) is 96.9 Å². The van der Waals surface area contributed by atoms with E-state index in [1.54, 1.807) is 51.1 Å². The fraction of sp³-hybridized carbons (Fsp3) is 0.300. The molecule has 0 unspecified atom stereocenters. The number of amides is 2. The molecule has 4 aliphatic rings. The first-order valence-electron chi connectivity index (χ1n) is 36.6. The van der Waals surface area contributed by atoms with Gasteiger partial charge in [-0.25, -0.2) is 9.59 Å². The van der Waals surface area contributed by atoms with E-state index < -0.39 is 63.3 Å². The third-order valence-electron chi connectivity index (χ3n) is 18.1. The number of aliphatic carboxylic acids is 2. The first-order valence-corrected chi connectivity index (χ1v) is 50.8. The fourth-order valence-electron chi connectivity index (χ4n) is 10.6. The van der Waals surface area contributed by atoms with Gasteiger partial charge in [0.25, 0.3) is 0 Å². The Bertz CT molecular complexity index is 5200. The van der Waals surface area contributed by atoms with E-state index in [4.69, 9.17) is 78.0 Å². The van der Waals surface area contributed by atoms with Gasteiger partial charge in [0.05, 0.1) is 69.1 Å². The number of rotatable bonds is 14. The molecule has 0 saturated heterocycles. The summed E-state index contributed by atoms with van der Waals surface area (Å²) >= 11 is 29.7. The van der Waals surface area contributed by atoms with Crippen LogP contribution in [-0.4, -0.2) is 70.4 Å². The number of aromatic nitrogens is 2. The molecule has 26 heteroatoms. The number of ether oxygens (including phenoxy) is 2. The summed E-state index contributed by atoms with van der Waals surface area (Å²) in [6.45, 7) is 20.3. The Morgan fingerprint density at radius 3 is 1.27 bits per heavy atom. The molecule has 2 atom stereocenters. The molecule has 2 amide bonds. The monoisotopic (exact) mass is 2080 g/mol. The summed E-state index contributed by atoms with van der Waals surface area (Å²) in [5, 5.41) is 52.3. The van der Waals surface area contributed by atoms with Gasteiger partial charge in [-0.2, -0.15) is 24.5 Å². The highest BCUT2D eigenvalue weighted by Crippen LogP contribution is 2.51. The Hall–Kier alpha value is -8.04. The number of benzene rings is 7. The van der Waals surface area contributed by atoms with Gasteiger partial charge in [0, 0.05) is 56.2 Å². The Labute approximate surface area is 756 Å². The molecule has 0 bridgehead atoms. The molecule has 15 nitrogen and oxygen atoms in total. The summed E-state index contributed by atoms with van der Waals surface area (Å²) in [4.78, 5) is 47.5. The normalized spacial score (nSPS) is 14.1. The molecule has 116 heavy (non-hydrogen) atoms. The molecule has 9 aromatic rings. The van der Waals surface area contributed by atoms with Crippen LogP contribution >= 0.6 is 142 Å². The largest absolute Gasteiger partial charge is 0.481 e. The van der Waals surface area contributed by atoms with Crippen LogP contribution in [0.25, 0.3) is 0 Å². The Morgan fingerprint density at radius 1 is 0.552 bits per heavy atom. The molecule has 0 radical (unpaired) electrons. The lowest BCUT2D eigenvalue weighted by Gasteiger charge is -2.15. The van der Waals surface area contributed by atoms with Crippen molar-refractivity contribution in [3.8, 4) is 65.8 Å². The van der Waals surface area contributed by atoms with E-state index in [0.29, 0.717) is 62.7 Å². The quantitative estimate of drug-likeness (QED) is 0.0343. The lowest BCUT2D eigenvalue weighted by molar-refractivity contribution is -0.141. The predicted molar refractivity (Wildman–Crippen MR) is 504 cm³/mol. The SMILES string of the molecule is C#C[Si](C)(C)C.C#Cc1ccc(C2(C(=O)O)CC2)cc1.C[Si](C)(C)C#Cc1ccc(C2(C#N)CC2)cc1.Cc1nsc(C#Cc2ccc(C3(C(=O)O)CC3)cc2)c1NC(=O)O[C@H](C)c1ccccc1Cl.Cc1nsc(I)c1NC(=O)O[C@H](C)c1ccccc1Cl.ClCCBr.N#CC1(c2ccc(I)cc2)CC1.N#CCc1ccc(I)cc1. The van der Waals surface area contributed by atoms with Gasteiger partial charge in [-0.15, -0.1) is 35.5 Å². The zero-order valence-electron chi connectivity index (χ0n) is 65.8. The topological polar surface area (TPSA) is 248 Å². The van der Waals surface area contributed by atoms with Gasteiger partial charge < -0.3 is 19.7 Å². The van der Waals surface area contributed by atoms with Gasteiger partial charge in [0.2, 0.25) is 0 Å². The van der Waals surface area contributed by atoms with E-state index in [1.165, 1.54) is 35.8 Å². The summed E-state index contributed by atoms with van der Waals surface area (Å²) in [7, 11) is -2.40.